The molecule has 96 valence electrons. The minimum Gasteiger partial charge on any atom is -0.480 e. The number of nitrogens with one attached hydrogen (secondary N) is 1. The Hall–Kier alpha value is -0.610. The first-order valence-electron chi connectivity index (χ1n) is 6.34. The molecule has 0 aromatic heterocycles. The van der Waals surface area contributed by atoms with Crippen LogP contribution in [-0.2, 0) is 4.79 Å². The van der Waals surface area contributed by atoms with Crippen molar-refractivity contribution in [1.29, 1.82) is 0 Å². The van der Waals surface area contributed by atoms with Crippen LogP contribution in [0.3, 0.4) is 0 Å². The highest BCUT2D eigenvalue weighted by Crippen LogP contribution is 1.99. The van der Waals surface area contributed by atoms with E-state index >= 15 is 0 Å². The van der Waals surface area contributed by atoms with Gasteiger partial charge < -0.3 is 15.3 Å². The molecular formula is C12H26N2O2. The monoisotopic (exact) mass is 230 g/mol. The molecule has 0 aromatic carbocycles. The van der Waals surface area contributed by atoms with Crippen LogP contribution in [0.25, 0.3) is 0 Å². The zero-order valence-corrected chi connectivity index (χ0v) is 10.8. The van der Waals surface area contributed by atoms with Gasteiger partial charge in [0.15, 0.2) is 0 Å². The Morgan fingerprint density at radius 1 is 1.25 bits per heavy atom. The lowest BCUT2D eigenvalue weighted by atomic mass is 10.2. The summed E-state index contributed by atoms with van der Waals surface area (Å²) in [7, 11) is 0. The van der Waals surface area contributed by atoms with E-state index in [0.29, 0.717) is 6.42 Å². The third-order valence-electron chi connectivity index (χ3n) is 2.66. The highest BCUT2D eigenvalue weighted by Gasteiger charge is 2.16. The van der Waals surface area contributed by atoms with Crippen LogP contribution in [-0.4, -0.2) is 48.2 Å². The molecule has 4 nitrogen and oxygen atoms in total. The molecule has 0 fully saturated rings. The van der Waals surface area contributed by atoms with Crippen molar-refractivity contribution in [3.8, 4) is 0 Å². The average Bonchev–Trinajstić information content (AvgIpc) is 2.27. The number of carboxylic acids is 1. The number of rotatable bonds is 10. The van der Waals surface area contributed by atoms with Gasteiger partial charge in [0.1, 0.15) is 6.04 Å². The van der Waals surface area contributed by atoms with Crippen molar-refractivity contribution in [1.82, 2.24) is 10.2 Å². The quantitative estimate of drug-likeness (QED) is 0.598. The Balaban J connectivity index is 3.93. The molecule has 0 rings (SSSR count). The molecule has 0 aliphatic heterocycles. The van der Waals surface area contributed by atoms with Gasteiger partial charge >= 0.3 is 5.97 Å². The third-order valence-corrected chi connectivity index (χ3v) is 2.66. The largest absolute Gasteiger partial charge is 0.480 e. The van der Waals surface area contributed by atoms with Crippen LogP contribution in [0, 0.1) is 0 Å². The van der Waals surface area contributed by atoms with Gasteiger partial charge in [-0.2, -0.15) is 0 Å². The Morgan fingerprint density at radius 3 is 2.38 bits per heavy atom. The van der Waals surface area contributed by atoms with Crippen LogP contribution in [0.15, 0.2) is 0 Å². The van der Waals surface area contributed by atoms with Crippen LogP contribution in [0.4, 0.5) is 0 Å². The lowest BCUT2D eigenvalue weighted by Crippen LogP contribution is -2.40. The van der Waals surface area contributed by atoms with E-state index in [1.54, 1.807) is 0 Å². The number of carboxylic acid groups (broad SMARTS) is 1. The summed E-state index contributed by atoms with van der Waals surface area (Å²) < 4.78 is 0. The van der Waals surface area contributed by atoms with Crippen molar-refractivity contribution in [2.24, 2.45) is 0 Å². The molecule has 16 heavy (non-hydrogen) atoms. The molecule has 0 bridgehead atoms. The van der Waals surface area contributed by atoms with E-state index in [9.17, 15) is 4.79 Å². The summed E-state index contributed by atoms with van der Waals surface area (Å²) >= 11 is 0. The summed E-state index contributed by atoms with van der Waals surface area (Å²) in [6.07, 6.45) is 2.77. The Bertz CT molecular complexity index is 186. The van der Waals surface area contributed by atoms with Crippen molar-refractivity contribution in [3.05, 3.63) is 0 Å². The smallest absolute Gasteiger partial charge is 0.320 e. The van der Waals surface area contributed by atoms with Crippen LogP contribution >= 0.6 is 0 Å². The maximum atomic E-state index is 11.0. The minimum absolute atomic E-state index is 0.397. The fraction of sp³-hybridized carbons (Fsp3) is 0.917. The summed E-state index contributed by atoms with van der Waals surface area (Å²) in [6.45, 7) is 9.98. The predicted molar refractivity (Wildman–Crippen MR) is 66.7 cm³/mol. The first kappa shape index (κ1) is 15.4. The van der Waals surface area contributed by atoms with Crippen molar-refractivity contribution < 1.29 is 9.90 Å². The molecule has 0 spiro atoms. The fourth-order valence-electron chi connectivity index (χ4n) is 1.69. The second-order valence-electron chi connectivity index (χ2n) is 4.07. The highest BCUT2D eigenvalue weighted by molar-refractivity contribution is 5.73. The fourth-order valence-corrected chi connectivity index (χ4v) is 1.69. The lowest BCUT2D eigenvalue weighted by molar-refractivity contribution is -0.139. The van der Waals surface area contributed by atoms with E-state index in [1.165, 1.54) is 0 Å². The minimum atomic E-state index is -0.735. The van der Waals surface area contributed by atoms with Gasteiger partial charge in [-0.1, -0.05) is 20.8 Å². The number of nitrogens with zero attached hydrogens (tertiary/aromatic N) is 1. The first-order valence-corrected chi connectivity index (χ1v) is 6.34. The van der Waals surface area contributed by atoms with Gasteiger partial charge in [-0.25, -0.2) is 0 Å². The van der Waals surface area contributed by atoms with Crippen molar-refractivity contribution >= 4 is 5.97 Å². The van der Waals surface area contributed by atoms with Crippen LogP contribution in [0.1, 0.15) is 40.0 Å². The number of hydrogen-bond donors (Lipinski definition) is 2. The molecule has 0 aliphatic rings. The topological polar surface area (TPSA) is 52.6 Å². The second kappa shape index (κ2) is 9.60. The second-order valence-corrected chi connectivity index (χ2v) is 4.07. The number of carbonyl (C=O) groups is 1. The zero-order valence-electron chi connectivity index (χ0n) is 10.8. The van der Waals surface area contributed by atoms with Gasteiger partial charge in [-0.3, -0.25) is 4.79 Å². The average molecular weight is 230 g/mol. The molecule has 1 unspecified atom stereocenters. The zero-order chi connectivity index (χ0) is 12.4. The SMILES string of the molecule is CCCNC(CCN(CC)CCC)C(=O)O. The van der Waals surface area contributed by atoms with Crippen molar-refractivity contribution in [2.75, 3.05) is 26.2 Å². The van der Waals surface area contributed by atoms with Gasteiger partial charge in [-0.05, 0) is 38.9 Å². The van der Waals surface area contributed by atoms with Gasteiger partial charge in [0.05, 0.1) is 0 Å². The molecule has 4 heteroatoms. The summed E-state index contributed by atoms with van der Waals surface area (Å²) in [5.41, 5.74) is 0. The Labute approximate surface area is 99.0 Å². The van der Waals surface area contributed by atoms with E-state index in [1.807, 2.05) is 6.92 Å². The maximum Gasteiger partial charge on any atom is 0.320 e. The standard InChI is InChI=1S/C12H26N2O2/c1-4-8-13-11(12(15)16)7-10-14(6-3)9-5-2/h11,13H,4-10H2,1-3H3,(H,15,16). The molecule has 1 atom stereocenters. The molecule has 0 aliphatic carbocycles. The summed E-state index contributed by atoms with van der Waals surface area (Å²) in [6, 6.07) is -0.397. The van der Waals surface area contributed by atoms with Crippen LogP contribution < -0.4 is 5.32 Å². The Kier molecular flexibility index (Phi) is 9.24. The predicted octanol–water partition coefficient (Wildman–Crippen LogP) is 1.56. The van der Waals surface area contributed by atoms with E-state index in [2.05, 4.69) is 24.1 Å². The van der Waals surface area contributed by atoms with Gasteiger partial charge in [0.25, 0.3) is 0 Å². The van der Waals surface area contributed by atoms with Crippen molar-refractivity contribution in [3.63, 3.8) is 0 Å². The number of aliphatic carboxylic acids is 1. The summed E-state index contributed by atoms with van der Waals surface area (Å²) in [5.74, 6) is -0.735. The molecule has 0 aromatic rings. The van der Waals surface area contributed by atoms with Gasteiger partial charge in [0.2, 0.25) is 0 Å². The van der Waals surface area contributed by atoms with Gasteiger partial charge in [-0.15, -0.1) is 0 Å². The third kappa shape index (κ3) is 6.80. The summed E-state index contributed by atoms with van der Waals surface area (Å²) in [5, 5.41) is 12.1. The lowest BCUT2D eigenvalue weighted by Gasteiger charge is -2.22. The molecular weight excluding hydrogens is 204 g/mol. The van der Waals surface area contributed by atoms with E-state index < -0.39 is 12.0 Å². The van der Waals surface area contributed by atoms with Crippen LogP contribution in [0.5, 0.6) is 0 Å². The number of hydrogen-bond acceptors (Lipinski definition) is 3. The molecule has 0 radical (unpaired) electrons. The van der Waals surface area contributed by atoms with Crippen molar-refractivity contribution in [2.45, 2.75) is 46.1 Å². The highest BCUT2D eigenvalue weighted by atomic mass is 16.4. The normalized spacial score (nSPS) is 13.0. The molecule has 0 amide bonds. The van der Waals surface area contributed by atoms with E-state index in [-0.39, 0.29) is 0 Å². The van der Waals surface area contributed by atoms with Gasteiger partial charge in [0, 0.05) is 6.54 Å². The van der Waals surface area contributed by atoms with E-state index in [0.717, 1.165) is 39.0 Å². The maximum absolute atomic E-state index is 11.0. The molecule has 2 N–H and O–H groups in total. The van der Waals surface area contributed by atoms with E-state index in [4.69, 9.17) is 5.11 Å². The Morgan fingerprint density at radius 2 is 1.94 bits per heavy atom. The molecule has 0 heterocycles. The first-order chi connectivity index (χ1) is 7.65. The molecule has 0 saturated heterocycles. The van der Waals surface area contributed by atoms with Crippen LogP contribution in [0.2, 0.25) is 0 Å². The molecule has 0 saturated carbocycles. The summed E-state index contributed by atoms with van der Waals surface area (Å²) in [4.78, 5) is 13.3.